The maximum atomic E-state index is 13.1. The first-order chi connectivity index (χ1) is 16.3. The van der Waals surface area contributed by atoms with E-state index in [0.717, 1.165) is 27.9 Å². The van der Waals surface area contributed by atoms with Crippen LogP contribution in [0.15, 0.2) is 64.3 Å². The third kappa shape index (κ3) is 3.24. The van der Waals surface area contributed by atoms with Gasteiger partial charge >= 0.3 is 5.69 Å². The van der Waals surface area contributed by atoms with Crippen molar-refractivity contribution in [1.82, 2.24) is 23.1 Å². The van der Waals surface area contributed by atoms with Crippen molar-refractivity contribution >= 4 is 28.5 Å². The summed E-state index contributed by atoms with van der Waals surface area (Å²) in [6, 6.07) is 15.6. The largest absolute Gasteiger partial charge is 0.332 e. The Balaban J connectivity index is 1.88. The molecule has 3 heterocycles. The molecule has 0 atom stereocenters. The molecule has 34 heavy (non-hydrogen) atoms. The highest BCUT2D eigenvalue weighted by atomic mass is 16.2. The van der Waals surface area contributed by atoms with Gasteiger partial charge in [-0.1, -0.05) is 37.3 Å². The summed E-state index contributed by atoms with van der Waals surface area (Å²) in [5.41, 5.74) is 4.16. The van der Waals surface area contributed by atoms with Gasteiger partial charge in [-0.2, -0.15) is 4.98 Å². The zero-order chi connectivity index (χ0) is 24.1. The number of anilines is 1. The van der Waals surface area contributed by atoms with Crippen LogP contribution in [-0.4, -0.2) is 29.0 Å². The second-order valence-corrected chi connectivity index (χ2v) is 8.29. The highest BCUT2D eigenvalue weighted by Crippen LogP contribution is 2.30. The van der Waals surface area contributed by atoms with Crippen LogP contribution in [0, 0.1) is 0 Å². The van der Waals surface area contributed by atoms with Gasteiger partial charge in [-0.15, -0.1) is 0 Å². The molecule has 3 aromatic heterocycles. The van der Waals surface area contributed by atoms with E-state index in [9.17, 15) is 14.4 Å². The van der Waals surface area contributed by atoms with Crippen molar-refractivity contribution in [3.8, 4) is 16.9 Å². The SMILES string of the molecule is CCc1ccc(-c2cn3c4c(=O)n(C)c(=O)n(C)c4nc3n2-c2cccc(NC(C)=O)c2)cc1. The van der Waals surface area contributed by atoms with Crippen LogP contribution in [0.4, 0.5) is 5.69 Å². The number of rotatable bonds is 4. The van der Waals surface area contributed by atoms with Crippen LogP contribution in [0.2, 0.25) is 0 Å². The molecule has 172 valence electrons. The molecular formula is C25H24N6O3. The smallest absolute Gasteiger partial charge is 0.326 e. The van der Waals surface area contributed by atoms with Crippen LogP contribution in [0.25, 0.3) is 33.9 Å². The second-order valence-electron chi connectivity index (χ2n) is 8.29. The number of nitrogens with one attached hydrogen (secondary N) is 1. The third-order valence-corrected chi connectivity index (χ3v) is 6.05. The Kier molecular flexibility index (Phi) is 4.97. The minimum Gasteiger partial charge on any atom is -0.326 e. The fourth-order valence-electron chi connectivity index (χ4n) is 4.27. The summed E-state index contributed by atoms with van der Waals surface area (Å²) in [5.74, 6) is 0.318. The average molecular weight is 457 g/mol. The molecule has 0 saturated heterocycles. The van der Waals surface area contributed by atoms with Crippen molar-refractivity contribution in [3.63, 3.8) is 0 Å². The lowest BCUT2D eigenvalue weighted by atomic mass is 10.1. The van der Waals surface area contributed by atoms with Gasteiger partial charge in [0.1, 0.15) is 0 Å². The fraction of sp³-hybridized carbons (Fsp3) is 0.200. The van der Waals surface area contributed by atoms with Gasteiger partial charge in [0.15, 0.2) is 11.2 Å². The quantitative estimate of drug-likeness (QED) is 0.450. The zero-order valence-corrected chi connectivity index (χ0v) is 19.4. The Morgan fingerprint density at radius 1 is 1.03 bits per heavy atom. The Bertz CT molecular complexity index is 1700. The summed E-state index contributed by atoms with van der Waals surface area (Å²) >= 11 is 0. The normalized spacial score (nSPS) is 11.4. The molecule has 1 amide bonds. The van der Waals surface area contributed by atoms with E-state index in [1.54, 1.807) is 11.4 Å². The van der Waals surface area contributed by atoms with Crippen LogP contribution >= 0.6 is 0 Å². The third-order valence-electron chi connectivity index (χ3n) is 6.05. The Labute approximate surface area is 194 Å². The number of carbonyl (C=O) groups is 1. The molecule has 5 aromatic rings. The van der Waals surface area contributed by atoms with E-state index in [2.05, 4.69) is 24.4 Å². The number of nitrogens with zero attached hydrogens (tertiary/aromatic N) is 5. The molecule has 0 fully saturated rings. The van der Waals surface area contributed by atoms with Gasteiger partial charge in [0, 0.05) is 38.5 Å². The molecule has 0 aliphatic rings. The average Bonchev–Trinajstić information content (AvgIpc) is 3.37. The minimum atomic E-state index is -0.437. The van der Waals surface area contributed by atoms with Gasteiger partial charge in [-0.05, 0) is 30.2 Å². The van der Waals surface area contributed by atoms with E-state index in [4.69, 9.17) is 4.98 Å². The predicted octanol–water partition coefficient (Wildman–Crippen LogP) is 2.86. The summed E-state index contributed by atoms with van der Waals surface area (Å²) in [6.45, 7) is 3.56. The van der Waals surface area contributed by atoms with Crippen LogP contribution in [0.1, 0.15) is 19.4 Å². The molecule has 0 spiro atoms. The van der Waals surface area contributed by atoms with Crippen LogP contribution < -0.4 is 16.6 Å². The molecule has 0 unspecified atom stereocenters. The lowest BCUT2D eigenvalue weighted by Crippen LogP contribution is -2.37. The number of hydrogen-bond acceptors (Lipinski definition) is 4. The molecule has 5 rings (SSSR count). The molecule has 0 bridgehead atoms. The molecule has 0 aliphatic heterocycles. The van der Waals surface area contributed by atoms with Gasteiger partial charge in [0.25, 0.3) is 5.56 Å². The number of hydrogen-bond donors (Lipinski definition) is 1. The molecular weight excluding hydrogens is 432 g/mol. The van der Waals surface area contributed by atoms with Gasteiger partial charge in [-0.25, -0.2) is 4.79 Å². The first kappa shape index (κ1) is 21.4. The first-order valence-electron chi connectivity index (χ1n) is 11.0. The number of imidazole rings is 2. The maximum Gasteiger partial charge on any atom is 0.332 e. The van der Waals surface area contributed by atoms with E-state index >= 15 is 0 Å². The molecule has 9 heteroatoms. The molecule has 0 radical (unpaired) electrons. The summed E-state index contributed by atoms with van der Waals surface area (Å²) in [7, 11) is 3.06. The Morgan fingerprint density at radius 2 is 1.76 bits per heavy atom. The molecule has 1 N–H and O–H groups in total. The summed E-state index contributed by atoms with van der Waals surface area (Å²) in [6.07, 6.45) is 2.79. The predicted molar refractivity (Wildman–Crippen MR) is 132 cm³/mol. The topological polar surface area (TPSA) is 95.3 Å². The van der Waals surface area contributed by atoms with Crippen LogP contribution in [0.5, 0.6) is 0 Å². The molecule has 2 aromatic carbocycles. The van der Waals surface area contributed by atoms with Crippen LogP contribution in [0.3, 0.4) is 0 Å². The fourth-order valence-corrected chi connectivity index (χ4v) is 4.27. The Hall–Kier alpha value is -4.40. The summed E-state index contributed by atoms with van der Waals surface area (Å²) in [5, 5.41) is 2.81. The molecule has 9 nitrogen and oxygen atoms in total. The summed E-state index contributed by atoms with van der Waals surface area (Å²) in [4.78, 5) is 41.9. The van der Waals surface area contributed by atoms with Crippen molar-refractivity contribution < 1.29 is 4.79 Å². The molecule has 0 saturated carbocycles. The van der Waals surface area contributed by atoms with E-state index in [1.165, 1.54) is 24.1 Å². The van der Waals surface area contributed by atoms with Gasteiger partial charge < -0.3 is 5.32 Å². The number of aromatic nitrogens is 5. The van der Waals surface area contributed by atoms with E-state index in [-0.39, 0.29) is 5.91 Å². The van der Waals surface area contributed by atoms with Crippen LogP contribution in [-0.2, 0) is 25.3 Å². The number of carbonyl (C=O) groups excluding carboxylic acids is 1. The Morgan fingerprint density at radius 3 is 2.44 bits per heavy atom. The van der Waals surface area contributed by atoms with Crippen molar-refractivity contribution in [2.75, 3.05) is 5.32 Å². The van der Waals surface area contributed by atoms with Crippen molar-refractivity contribution in [2.45, 2.75) is 20.3 Å². The number of aryl methyl sites for hydroxylation is 2. The van der Waals surface area contributed by atoms with Gasteiger partial charge in [0.05, 0.1) is 11.4 Å². The standard InChI is InChI=1S/C25H24N6O3/c1-5-16-9-11-17(12-10-16)20-14-30-21-22(28(3)25(34)29(4)23(21)33)27-24(30)31(20)19-8-6-7-18(13-19)26-15(2)32/h6-14H,5H2,1-4H3,(H,26,32). The van der Waals surface area contributed by atoms with Crippen molar-refractivity contribution in [3.05, 3.63) is 81.1 Å². The number of amides is 1. The lowest BCUT2D eigenvalue weighted by molar-refractivity contribution is -0.114. The highest BCUT2D eigenvalue weighted by Gasteiger charge is 2.22. The van der Waals surface area contributed by atoms with E-state index < -0.39 is 11.2 Å². The lowest BCUT2D eigenvalue weighted by Gasteiger charge is -2.11. The number of fused-ring (bicyclic) bond motifs is 3. The van der Waals surface area contributed by atoms with Crippen molar-refractivity contribution in [2.24, 2.45) is 14.1 Å². The van der Waals surface area contributed by atoms with E-state index in [1.807, 2.05) is 47.2 Å². The second kappa shape index (κ2) is 7.87. The van der Waals surface area contributed by atoms with Crippen molar-refractivity contribution in [1.29, 1.82) is 0 Å². The summed E-state index contributed by atoms with van der Waals surface area (Å²) < 4.78 is 6.11. The van der Waals surface area contributed by atoms with E-state index in [0.29, 0.717) is 22.6 Å². The monoisotopic (exact) mass is 456 g/mol. The maximum absolute atomic E-state index is 13.1. The molecule has 0 aliphatic carbocycles. The number of benzene rings is 2. The first-order valence-corrected chi connectivity index (χ1v) is 11.0. The zero-order valence-electron chi connectivity index (χ0n) is 19.4. The highest BCUT2D eigenvalue weighted by molar-refractivity contribution is 5.89. The van der Waals surface area contributed by atoms with Gasteiger partial charge in [-0.3, -0.25) is 27.7 Å². The van der Waals surface area contributed by atoms with Gasteiger partial charge in [0.2, 0.25) is 11.7 Å². The minimum absolute atomic E-state index is 0.171.